The molecule has 1 N–H and O–H groups in total. The van der Waals surface area contributed by atoms with Gasteiger partial charge < -0.3 is 4.98 Å². The molecule has 0 aliphatic carbocycles. The van der Waals surface area contributed by atoms with E-state index in [1.165, 1.54) is 27.5 Å². The van der Waals surface area contributed by atoms with Crippen molar-refractivity contribution >= 4 is 21.9 Å². The lowest BCUT2D eigenvalue weighted by Crippen LogP contribution is -1.83. The number of aromatic amines is 1. The van der Waals surface area contributed by atoms with Gasteiger partial charge in [0.2, 0.25) is 0 Å². The number of nitrogens with zero attached hydrogens (tertiary/aromatic N) is 1. The lowest BCUT2D eigenvalue weighted by atomic mass is 10.0. The van der Waals surface area contributed by atoms with Crippen LogP contribution in [0.2, 0.25) is 0 Å². The van der Waals surface area contributed by atoms with Crippen molar-refractivity contribution in [1.82, 2.24) is 9.97 Å². The van der Waals surface area contributed by atoms with Crippen LogP contribution in [0.4, 0.5) is 0 Å². The highest BCUT2D eigenvalue weighted by molar-refractivity contribution is 6.06. The van der Waals surface area contributed by atoms with Crippen molar-refractivity contribution in [3.63, 3.8) is 0 Å². The molecule has 0 radical (unpaired) electrons. The molecule has 0 unspecified atom stereocenters. The number of H-pyrrole nitrogens is 1. The fourth-order valence-corrected chi connectivity index (χ4v) is 3.37. The summed E-state index contributed by atoms with van der Waals surface area (Å²) in [7, 11) is 0. The Balaban J connectivity index is 1.59. The number of pyridine rings is 1. The van der Waals surface area contributed by atoms with Crippen LogP contribution >= 0.6 is 0 Å². The molecular weight excluding hydrogens is 304 g/mol. The average molecular weight is 320 g/mol. The summed E-state index contributed by atoms with van der Waals surface area (Å²) in [6.07, 6.45) is 1.94. The van der Waals surface area contributed by atoms with Gasteiger partial charge in [0, 0.05) is 28.0 Å². The van der Waals surface area contributed by atoms with Gasteiger partial charge in [-0.2, -0.15) is 0 Å². The van der Waals surface area contributed by atoms with Gasteiger partial charge in [-0.1, -0.05) is 72.8 Å². The third-order valence-corrected chi connectivity index (χ3v) is 4.68. The lowest BCUT2D eigenvalue weighted by Gasteiger charge is -2.05. The topological polar surface area (TPSA) is 28.7 Å². The van der Waals surface area contributed by atoms with Crippen LogP contribution in [0.25, 0.3) is 44.2 Å². The Morgan fingerprint density at radius 3 is 2.00 bits per heavy atom. The van der Waals surface area contributed by atoms with Crippen LogP contribution in [0, 0.1) is 0 Å². The van der Waals surface area contributed by atoms with Crippen LogP contribution in [0.1, 0.15) is 0 Å². The first-order valence-corrected chi connectivity index (χ1v) is 8.41. The van der Waals surface area contributed by atoms with Gasteiger partial charge in [-0.3, -0.25) is 0 Å². The first kappa shape index (κ1) is 14.0. The predicted octanol–water partition coefficient (Wildman–Crippen LogP) is 6.05. The molecule has 0 spiro atoms. The highest BCUT2D eigenvalue weighted by atomic mass is 14.8. The quantitative estimate of drug-likeness (QED) is 0.421. The number of rotatable bonds is 2. The van der Waals surface area contributed by atoms with Crippen molar-refractivity contribution < 1.29 is 0 Å². The van der Waals surface area contributed by atoms with Crippen molar-refractivity contribution in [2.75, 3.05) is 0 Å². The zero-order valence-corrected chi connectivity index (χ0v) is 13.6. The van der Waals surface area contributed by atoms with Gasteiger partial charge in [0.1, 0.15) is 5.65 Å². The van der Waals surface area contributed by atoms with Gasteiger partial charge in [0.15, 0.2) is 0 Å². The molecule has 3 aromatic carbocycles. The molecule has 5 aromatic rings. The molecule has 0 atom stereocenters. The molecule has 2 nitrogen and oxygen atoms in total. The number of hydrogen-bond donors (Lipinski definition) is 1. The first-order valence-electron chi connectivity index (χ1n) is 8.41. The fraction of sp³-hybridized carbons (Fsp3) is 0. The van der Waals surface area contributed by atoms with E-state index in [9.17, 15) is 0 Å². The van der Waals surface area contributed by atoms with Crippen LogP contribution in [0.5, 0.6) is 0 Å². The second-order valence-electron chi connectivity index (χ2n) is 6.23. The summed E-state index contributed by atoms with van der Waals surface area (Å²) in [6.45, 7) is 0. The molecule has 0 fully saturated rings. The summed E-state index contributed by atoms with van der Waals surface area (Å²) in [4.78, 5) is 8.00. The van der Waals surface area contributed by atoms with Crippen LogP contribution < -0.4 is 0 Å². The third-order valence-electron chi connectivity index (χ3n) is 4.68. The van der Waals surface area contributed by atoms with E-state index in [2.05, 4.69) is 82.8 Å². The predicted molar refractivity (Wildman–Crippen MR) is 104 cm³/mol. The molecule has 0 amide bonds. The van der Waals surface area contributed by atoms with E-state index >= 15 is 0 Å². The average Bonchev–Trinajstić information content (AvgIpc) is 3.07. The van der Waals surface area contributed by atoms with E-state index in [0.717, 1.165) is 16.7 Å². The normalized spacial score (nSPS) is 11.2. The fourth-order valence-electron chi connectivity index (χ4n) is 3.37. The Bertz CT molecular complexity index is 1170. The van der Waals surface area contributed by atoms with Crippen molar-refractivity contribution in [1.29, 1.82) is 0 Å². The summed E-state index contributed by atoms with van der Waals surface area (Å²) in [5, 5.41) is 2.38. The van der Waals surface area contributed by atoms with Crippen molar-refractivity contribution in [2.24, 2.45) is 0 Å². The minimum absolute atomic E-state index is 0.936. The van der Waals surface area contributed by atoms with Gasteiger partial charge >= 0.3 is 0 Å². The van der Waals surface area contributed by atoms with Crippen molar-refractivity contribution in [2.45, 2.75) is 0 Å². The van der Waals surface area contributed by atoms with Gasteiger partial charge in [0.05, 0.1) is 0 Å². The van der Waals surface area contributed by atoms with Gasteiger partial charge in [0.25, 0.3) is 0 Å². The zero-order valence-electron chi connectivity index (χ0n) is 13.6. The maximum Gasteiger partial charge on any atom is 0.138 e. The zero-order chi connectivity index (χ0) is 16.6. The second kappa shape index (κ2) is 5.60. The summed E-state index contributed by atoms with van der Waals surface area (Å²) in [5.41, 5.74) is 6.84. The number of benzene rings is 3. The van der Waals surface area contributed by atoms with Crippen molar-refractivity contribution in [3.05, 3.63) is 91.1 Å². The minimum atomic E-state index is 0.936. The SMILES string of the molecule is c1ccc(-c2ccc(-c3cnc4[nH]c5ccccc5c4c3)cc2)cc1. The molecule has 0 aliphatic heterocycles. The van der Waals surface area contributed by atoms with E-state index in [4.69, 9.17) is 0 Å². The molecule has 0 bridgehead atoms. The maximum atomic E-state index is 4.62. The summed E-state index contributed by atoms with van der Waals surface area (Å²) in [6, 6.07) is 29.7. The molecule has 2 heteroatoms. The number of hydrogen-bond acceptors (Lipinski definition) is 1. The van der Waals surface area contributed by atoms with Gasteiger partial charge in [-0.25, -0.2) is 4.98 Å². The number of para-hydroxylation sites is 1. The minimum Gasteiger partial charge on any atom is -0.339 e. The Labute approximate surface area is 145 Å². The second-order valence-corrected chi connectivity index (χ2v) is 6.23. The monoisotopic (exact) mass is 320 g/mol. The molecule has 0 aliphatic rings. The highest BCUT2D eigenvalue weighted by Crippen LogP contribution is 2.29. The Morgan fingerprint density at radius 2 is 1.20 bits per heavy atom. The Hall–Kier alpha value is -3.39. The molecule has 25 heavy (non-hydrogen) atoms. The lowest BCUT2D eigenvalue weighted by molar-refractivity contribution is 1.35. The standard InChI is InChI=1S/C23H16N2/c1-2-6-16(7-3-1)17-10-12-18(13-11-17)19-14-21-20-8-4-5-9-22(20)25-23(21)24-15-19/h1-15H,(H,24,25). The van der Waals surface area contributed by atoms with Gasteiger partial charge in [-0.05, 0) is 28.8 Å². The summed E-state index contributed by atoms with van der Waals surface area (Å²) >= 11 is 0. The van der Waals surface area contributed by atoms with Crippen molar-refractivity contribution in [3.8, 4) is 22.3 Å². The molecule has 2 aromatic heterocycles. The van der Waals surface area contributed by atoms with E-state index in [1.54, 1.807) is 0 Å². The van der Waals surface area contributed by atoms with Crippen LogP contribution in [-0.4, -0.2) is 9.97 Å². The van der Waals surface area contributed by atoms with E-state index in [1.807, 2.05) is 18.3 Å². The third kappa shape index (κ3) is 2.39. The van der Waals surface area contributed by atoms with Gasteiger partial charge in [-0.15, -0.1) is 0 Å². The van der Waals surface area contributed by atoms with E-state index in [0.29, 0.717) is 0 Å². The largest absolute Gasteiger partial charge is 0.339 e. The molecule has 5 rings (SSSR count). The molecular formula is C23H16N2. The number of fused-ring (bicyclic) bond motifs is 3. The molecule has 2 heterocycles. The first-order chi connectivity index (χ1) is 12.4. The number of aromatic nitrogens is 2. The Kier molecular flexibility index (Phi) is 3.14. The number of nitrogens with one attached hydrogen (secondary N) is 1. The van der Waals surface area contributed by atoms with Crippen LogP contribution in [-0.2, 0) is 0 Å². The highest BCUT2D eigenvalue weighted by Gasteiger charge is 2.07. The molecule has 118 valence electrons. The summed E-state index contributed by atoms with van der Waals surface area (Å²) in [5.74, 6) is 0. The maximum absolute atomic E-state index is 4.62. The van der Waals surface area contributed by atoms with E-state index < -0.39 is 0 Å². The Morgan fingerprint density at radius 1 is 0.560 bits per heavy atom. The van der Waals surface area contributed by atoms with Crippen LogP contribution in [0.3, 0.4) is 0 Å². The molecule has 0 saturated carbocycles. The molecule has 0 saturated heterocycles. The summed E-state index contributed by atoms with van der Waals surface area (Å²) < 4.78 is 0. The van der Waals surface area contributed by atoms with Crippen LogP contribution in [0.15, 0.2) is 91.1 Å². The van der Waals surface area contributed by atoms with E-state index in [-0.39, 0.29) is 0 Å². The smallest absolute Gasteiger partial charge is 0.138 e.